The maximum atomic E-state index is 11.0. The Morgan fingerprint density at radius 3 is 2.50 bits per heavy atom. The highest BCUT2D eigenvalue weighted by molar-refractivity contribution is 5.74. The lowest BCUT2D eigenvalue weighted by atomic mass is 10.2. The van der Waals surface area contributed by atoms with Crippen LogP contribution in [-0.4, -0.2) is 18.7 Å². The van der Waals surface area contributed by atoms with Crippen LogP contribution < -0.4 is 0 Å². The van der Waals surface area contributed by atoms with Crippen LogP contribution in [0.4, 0.5) is 0 Å². The van der Waals surface area contributed by atoms with Crippen LogP contribution in [0.15, 0.2) is 12.8 Å². The molecule has 0 aromatic heterocycles. The van der Waals surface area contributed by atoms with Crippen molar-refractivity contribution < 1.29 is 14.3 Å². The molecule has 70 valence electrons. The van der Waals surface area contributed by atoms with Crippen molar-refractivity contribution in [1.29, 1.82) is 0 Å². The summed E-state index contributed by atoms with van der Waals surface area (Å²) < 4.78 is 9.73. The van der Waals surface area contributed by atoms with Gasteiger partial charge in [0, 0.05) is 0 Å². The van der Waals surface area contributed by atoms with Gasteiger partial charge in [-0.05, 0) is 12.8 Å². The molecule has 12 heavy (non-hydrogen) atoms. The largest absolute Gasteiger partial charge is 0.487 e. The Labute approximate surface area is 73.4 Å². The van der Waals surface area contributed by atoms with Crippen LogP contribution in [0.25, 0.3) is 0 Å². The van der Waals surface area contributed by atoms with E-state index in [2.05, 4.69) is 6.58 Å². The van der Waals surface area contributed by atoms with Crippen LogP contribution in [0.5, 0.6) is 0 Å². The quantitative estimate of drug-likeness (QED) is 0.468. The zero-order valence-corrected chi connectivity index (χ0v) is 7.87. The molecule has 0 rings (SSSR count). The lowest BCUT2D eigenvalue weighted by Gasteiger charge is -2.11. The third kappa shape index (κ3) is 4.77. The smallest absolute Gasteiger partial charge is 0.346 e. The second-order valence-corrected chi connectivity index (χ2v) is 2.97. The average Bonchev–Trinajstić information content (AvgIpc) is 2.00. The van der Waals surface area contributed by atoms with E-state index in [9.17, 15) is 4.79 Å². The first-order chi connectivity index (χ1) is 5.57. The van der Waals surface area contributed by atoms with Crippen LogP contribution >= 0.6 is 0 Å². The van der Waals surface area contributed by atoms with Crippen molar-refractivity contribution in [2.24, 2.45) is 5.92 Å². The summed E-state index contributed by atoms with van der Waals surface area (Å²) in [6, 6.07) is 0. The van der Waals surface area contributed by atoms with Gasteiger partial charge in [0.05, 0.1) is 12.9 Å². The molecule has 0 saturated heterocycles. The highest BCUT2D eigenvalue weighted by Gasteiger charge is 2.14. The summed E-state index contributed by atoms with van der Waals surface area (Å²) in [5, 5.41) is 0. The Bertz CT molecular complexity index is 152. The van der Waals surface area contributed by atoms with Crippen molar-refractivity contribution in [1.82, 2.24) is 0 Å². The van der Waals surface area contributed by atoms with E-state index in [0.717, 1.165) is 0 Å². The maximum absolute atomic E-state index is 11.0. The molecular formula is C9H16O3. The predicted octanol–water partition coefficient (Wildman–Crippen LogP) is 1.73. The first-order valence-corrected chi connectivity index (χ1v) is 4.01. The van der Waals surface area contributed by atoms with Crippen molar-refractivity contribution in [2.75, 3.05) is 6.61 Å². The molecule has 0 saturated carbocycles. The molecule has 0 N–H and O–H groups in total. The number of carbonyl (C=O) groups is 1. The van der Waals surface area contributed by atoms with Gasteiger partial charge in [0.15, 0.2) is 6.10 Å². The van der Waals surface area contributed by atoms with Gasteiger partial charge in [0.25, 0.3) is 0 Å². The van der Waals surface area contributed by atoms with Gasteiger partial charge in [0.1, 0.15) is 0 Å². The summed E-state index contributed by atoms with van der Waals surface area (Å²) in [4.78, 5) is 11.0. The number of ether oxygens (including phenoxy) is 2. The minimum absolute atomic E-state index is 0.344. The van der Waals surface area contributed by atoms with Gasteiger partial charge in [-0.25, -0.2) is 4.79 Å². The summed E-state index contributed by atoms with van der Waals surface area (Å²) in [6.45, 7) is 9.37. The van der Waals surface area contributed by atoms with E-state index in [1.54, 1.807) is 6.92 Å². The van der Waals surface area contributed by atoms with Gasteiger partial charge in [-0.2, -0.15) is 0 Å². The van der Waals surface area contributed by atoms with Crippen molar-refractivity contribution in [3.8, 4) is 0 Å². The van der Waals surface area contributed by atoms with Crippen LogP contribution in [0.1, 0.15) is 20.8 Å². The van der Waals surface area contributed by atoms with Crippen molar-refractivity contribution in [2.45, 2.75) is 26.9 Å². The van der Waals surface area contributed by atoms with Gasteiger partial charge in [0.2, 0.25) is 0 Å². The molecule has 3 heteroatoms. The van der Waals surface area contributed by atoms with E-state index in [1.807, 2.05) is 13.8 Å². The molecule has 0 fully saturated rings. The number of rotatable bonds is 5. The molecule has 1 atom stereocenters. The minimum Gasteiger partial charge on any atom is -0.487 e. The van der Waals surface area contributed by atoms with E-state index in [0.29, 0.717) is 12.5 Å². The number of carbonyl (C=O) groups excluding carboxylic acids is 1. The van der Waals surface area contributed by atoms with Gasteiger partial charge in [-0.1, -0.05) is 20.4 Å². The third-order valence-corrected chi connectivity index (χ3v) is 1.19. The zero-order chi connectivity index (χ0) is 9.56. The van der Waals surface area contributed by atoms with Gasteiger partial charge < -0.3 is 9.47 Å². The van der Waals surface area contributed by atoms with Gasteiger partial charge in [-0.15, -0.1) is 0 Å². The molecule has 0 amide bonds. The Morgan fingerprint density at radius 1 is 1.50 bits per heavy atom. The fraction of sp³-hybridized carbons (Fsp3) is 0.667. The summed E-state index contributed by atoms with van der Waals surface area (Å²) in [6.07, 6.45) is 0.683. The normalized spacial score (nSPS) is 12.3. The van der Waals surface area contributed by atoms with Crippen LogP contribution in [0.3, 0.4) is 0 Å². The van der Waals surface area contributed by atoms with Crippen LogP contribution in [0, 0.1) is 5.92 Å². The highest BCUT2D eigenvalue weighted by atomic mass is 16.6. The number of hydrogen-bond donors (Lipinski definition) is 0. The lowest BCUT2D eigenvalue weighted by Crippen LogP contribution is -2.23. The number of esters is 1. The van der Waals surface area contributed by atoms with Gasteiger partial charge >= 0.3 is 5.97 Å². The standard InChI is InChI=1S/C9H16O3/c1-5-11-8(4)9(10)12-6-7(2)3/h5,7-8H,1,6H2,2-4H3/t8-/m1/s1. The Hall–Kier alpha value is -0.990. The summed E-state index contributed by atoms with van der Waals surface area (Å²) >= 11 is 0. The molecule has 0 unspecified atom stereocenters. The fourth-order valence-electron chi connectivity index (χ4n) is 0.566. The monoisotopic (exact) mass is 172 g/mol. The van der Waals surface area contributed by atoms with E-state index in [1.165, 1.54) is 6.26 Å². The molecule has 0 aliphatic carbocycles. The lowest BCUT2D eigenvalue weighted by molar-refractivity contribution is -0.153. The van der Waals surface area contributed by atoms with Crippen molar-refractivity contribution >= 4 is 5.97 Å². The minimum atomic E-state index is -0.554. The second kappa shape index (κ2) is 5.63. The fourth-order valence-corrected chi connectivity index (χ4v) is 0.566. The first-order valence-electron chi connectivity index (χ1n) is 4.01. The zero-order valence-electron chi connectivity index (χ0n) is 7.87. The Kier molecular flexibility index (Phi) is 5.17. The topological polar surface area (TPSA) is 35.5 Å². The van der Waals surface area contributed by atoms with E-state index in [-0.39, 0.29) is 5.97 Å². The molecule has 0 radical (unpaired) electrons. The SMILES string of the molecule is C=CO[C@H](C)C(=O)OCC(C)C. The van der Waals surface area contributed by atoms with Crippen LogP contribution in [0.2, 0.25) is 0 Å². The first kappa shape index (κ1) is 11.0. The molecule has 0 aliphatic heterocycles. The van der Waals surface area contributed by atoms with E-state index < -0.39 is 6.10 Å². The van der Waals surface area contributed by atoms with E-state index in [4.69, 9.17) is 9.47 Å². The Balaban J connectivity index is 3.63. The molecule has 0 heterocycles. The second-order valence-electron chi connectivity index (χ2n) is 2.97. The maximum Gasteiger partial charge on any atom is 0.346 e. The van der Waals surface area contributed by atoms with Gasteiger partial charge in [-0.3, -0.25) is 0 Å². The average molecular weight is 172 g/mol. The molecule has 3 nitrogen and oxygen atoms in total. The summed E-state index contributed by atoms with van der Waals surface area (Å²) in [5.41, 5.74) is 0. The molecule has 0 aliphatic rings. The number of hydrogen-bond acceptors (Lipinski definition) is 3. The summed E-state index contributed by atoms with van der Waals surface area (Å²) in [5.74, 6) is 0.00785. The highest BCUT2D eigenvalue weighted by Crippen LogP contribution is 1.98. The van der Waals surface area contributed by atoms with Crippen LogP contribution in [-0.2, 0) is 14.3 Å². The predicted molar refractivity (Wildman–Crippen MR) is 46.5 cm³/mol. The Morgan fingerprint density at radius 2 is 2.08 bits per heavy atom. The molecular weight excluding hydrogens is 156 g/mol. The molecule has 0 aromatic rings. The molecule has 0 aromatic carbocycles. The van der Waals surface area contributed by atoms with E-state index >= 15 is 0 Å². The molecule has 0 bridgehead atoms. The summed E-state index contributed by atoms with van der Waals surface area (Å²) in [7, 11) is 0. The molecule has 0 spiro atoms. The van der Waals surface area contributed by atoms with Crippen molar-refractivity contribution in [3.05, 3.63) is 12.8 Å². The third-order valence-electron chi connectivity index (χ3n) is 1.19. The van der Waals surface area contributed by atoms with Crippen molar-refractivity contribution in [3.63, 3.8) is 0 Å².